The van der Waals surface area contributed by atoms with E-state index in [1.165, 1.54) is 0 Å². The minimum absolute atomic E-state index is 0.0961. The number of hydrogen-bond donors (Lipinski definition) is 2. The molecule has 110 valence electrons. The molecule has 0 fully saturated rings. The van der Waals surface area contributed by atoms with Gasteiger partial charge in [-0.15, -0.1) is 0 Å². The van der Waals surface area contributed by atoms with Crippen LogP contribution in [0.5, 0.6) is 0 Å². The van der Waals surface area contributed by atoms with Crippen LogP contribution in [0.2, 0.25) is 0 Å². The Kier molecular flexibility index (Phi) is 5.09. The number of anilines is 1. The van der Waals surface area contributed by atoms with Crippen molar-refractivity contribution in [1.82, 2.24) is 9.55 Å². The molecule has 0 unspecified atom stereocenters. The van der Waals surface area contributed by atoms with Crippen LogP contribution in [0.3, 0.4) is 0 Å². The van der Waals surface area contributed by atoms with Crippen molar-refractivity contribution < 1.29 is 14.7 Å². The molecule has 6 heteroatoms. The number of nitrogens with one attached hydrogen (secondary N) is 1. The molecule has 0 saturated carbocycles. The van der Waals surface area contributed by atoms with Gasteiger partial charge in [-0.1, -0.05) is 12.1 Å². The van der Waals surface area contributed by atoms with E-state index in [-0.39, 0.29) is 12.3 Å². The zero-order valence-corrected chi connectivity index (χ0v) is 11.5. The first-order valence-corrected chi connectivity index (χ1v) is 6.76. The van der Waals surface area contributed by atoms with Crippen molar-refractivity contribution in [2.45, 2.75) is 25.7 Å². The third-order valence-electron chi connectivity index (χ3n) is 3.01. The van der Waals surface area contributed by atoms with E-state index in [2.05, 4.69) is 10.3 Å². The van der Waals surface area contributed by atoms with Crippen molar-refractivity contribution in [2.24, 2.45) is 0 Å². The molecular weight excluding hydrogens is 270 g/mol. The van der Waals surface area contributed by atoms with Crippen LogP contribution in [0.4, 0.5) is 5.69 Å². The molecule has 1 amide bonds. The number of para-hydroxylation sites is 2. The second-order valence-corrected chi connectivity index (χ2v) is 4.64. The van der Waals surface area contributed by atoms with Crippen LogP contribution in [0.1, 0.15) is 25.7 Å². The SMILES string of the molecule is O=C(O)CCCCC(=O)Nc1ccccc1-n1ccnc1. The van der Waals surface area contributed by atoms with Crippen LogP contribution >= 0.6 is 0 Å². The van der Waals surface area contributed by atoms with Crippen molar-refractivity contribution in [3.63, 3.8) is 0 Å². The van der Waals surface area contributed by atoms with Gasteiger partial charge in [-0.05, 0) is 25.0 Å². The number of carboxylic acid groups (broad SMARTS) is 1. The topological polar surface area (TPSA) is 84.2 Å². The van der Waals surface area contributed by atoms with Crippen molar-refractivity contribution in [3.8, 4) is 5.69 Å². The maximum Gasteiger partial charge on any atom is 0.303 e. The van der Waals surface area contributed by atoms with E-state index < -0.39 is 5.97 Å². The number of imidazole rings is 1. The Bertz CT molecular complexity index is 608. The Balaban J connectivity index is 1.94. The van der Waals surface area contributed by atoms with Crippen LogP contribution in [0.15, 0.2) is 43.0 Å². The summed E-state index contributed by atoms with van der Waals surface area (Å²) in [4.78, 5) is 26.3. The number of carbonyl (C=O) groups is 2. The number of carboxylic acids is 1. The van der Waals surface area contributed by atoms with E-state index in [9.17, 15) is 9.59 Å². The van der Waals surface area contributed by atoms with Crippen molar-refractivity contribution >= 4 is 17.6 Å². The third kappa shape index (κ3) is 4.45. The van der Waals surface area contributed by atoms with Crippen molar-refractivity contribution in [3.05, 3.63) is 43.0 Å². The fraction of sp³-hybridized carbons (Fsp3) is 0.267. The molecule has 0 bridgehead atoms. The van der Waals surface area contributed by atoms with E-state index >= 15 is 0 Å². The highest BCUT2D eigenvalue weighted by molar-refractivity contribution is 5.92. The van der Waals surface area contributed by atoms with Gasteiger partial charge >= 0.3 is 5.97 Å². The third-order valence-corrected chi connectivity index (χ3v) is 3.01. The van der Waals surface area contributed by atoms with E-state index in [4.69, 9.17) is 5.11 Å². The van der Waals surface area contributed by atoms with Crippen LogP contribution < -0.4 is 5.32 Å². The molecule has 0 aliphatic rings. The largest absolute Gasteiger partial charge is 0.481 e. The summed E-state index contributed by atoms with van der Waals surface area (Å²) in [6.07, 6.45) is 6.61. The number of rotatable bonds is 7. The molecule has 0 aliphatic heterocycles. The summed E-state index contributed by atoms with van der Waals surface area (Å²) in [7, 11) is 0. The van der Waals surface area contributed by atoms with Gasteiger partial charge in [0.15, 0.2) is 0 Å². The molecule has 0 atom stereocenters. The number of aliphatic carboxylic acids is 1. The van der Waals surface area contributed by atoms with Gasteiger partial charge in [0.2, 0.25) is 5.91 Å². The highest BCUT2D eigenvalue weighted by atomic mass is 16.4. The van der Waals surface area contributed by atoms with E-state index in [1.54, 1.807) is 18.7 Å². The second kappa shape index (κ2) is 7.23. The minimum atomic E-state index is -0.833. The molecule has 0 saturated heterocycles. The first-order chi connectivity index (χ1) is 10.2. The molecule has 1 aromatic carbocycles. The Morgan fingerprint density at radius 3 is 2.67 bits per heavy atom. The van der Waals surface area contributed by atoms with E-state index in [0.29, 0.717) is 24.9 Å². The average Bonchev–Trinajstić information content (AvgIpc) is 2.98. The van der Waals surface area contributed by atoms with Crippen molar-refractivity contribution in [1.29, 1.82) is 0 Å². The minimum Gasteiger partial charge on any atom is -0.481 e. The summed E-state index contributed by atoms with van der Waals surface area (Å²) < 4.78 is 1.82. The molecule has 1 heterocycles. The quantitative estimate of drug-likeness (QED) is 0.766. The lowest BCUT2D eigenvalue weighted by Crippen LogP contribution is -2.13. The van der Waals surface area contributed by atoms with Crippen LogP contribution in [0, 0.1) is 0 Å². The summed E-state index contributed by atoms with van der Waals surface area (Å²) in [5, 5.41) is 11.4. The lowest BCUT2D eigenvalue weighted by molar-refractivity contribution is -0.137. The Morgan fingerprint density at radius 2 is 1.95 bits per heavy atom. The summed E-state index contributed by atoms with van der Waals surface area (Å²) in [6, 6.07) is 7.45. The van der Waals surface area contributed by atoms with Gasteiger partial charge in [-0.2, -0.15) is 0 Å². The number of amides is 1. The van der Waals surface area contributed by atoms with Gasteiger partial charge in [-0.3, -0.25) is 9.59 Å². The summed E-state index contributed by atoms with van der Waals surface area (Å²) in [5.74, 6) is -0.950. The molecule has 1 aromatic heterocycles. The number of aromatic nitrogens is 2. The molecule has 0 spiro atoms. The van der Waals surface area contributed by atoms with E-state index in [1.807, 2.05) is 28.8 Å². The first-order valence-electron chi connectivity index (χ1n) is 6.76. The lowest BCUT2D eigenvalue weighted by atomic mass is 10.2. The Labute approximate surface area is 122 Å². The highest BCUT2D eigenvalue weighted by Crippen LogP contribution is 2.19. The number of hydrogen-bond acceptors (Lipinski definition) is 3. The number of benzene rings is 1. The molecule has 2 rings (SSSR count). The van der Waals surface area contributed by atoms with Gasteiger partial charge in [0.1, 0.15) is 0 Å². The number of unbranched alkanes of at least 4 members (excludes halogenated alkanes) is 1. The van der Waals surface area contributed by atoms with Crippen LogP contribution in [-0.2, 0) is 9.59 Å². The average molecular weight is 287 g/mol. The molecule has 0 aliphatic carbocycles. The van der Waals surface area contributed by atoms with Gasteiger partial charge in [0, 0.05) is 25.2 Å². The fourth-order valence-corrected chi connectivity index (χ4v) is 1.98. The van der Waals surface area contributed by atoms with Gasteiger partial charge in [-0.25, -0.2) is 4.98 Å². The maximum atomic E-state index is 11.9. The number of nitrogens with zero attached hydrogens (tertiary/aromatic N) is 2. The van der Waals surface area contributed by atoms with Gasteiger partial charge < -0.3 is 15.0 Å². The van der Waals surface area contributed by atoms with Gasteiger partial charge in [0.05, 0.1) is 17.7 Å². The normalized spacial score (nSPS) is 10.3. The highest BCUT2D eigenvalue weighted by Gasteiger charge is 2.08. The maximum absolute atomic E-state index is 11.9. The standard InChI is InChI=1S/C15H17N3O3/c19-14(7-3-4-8-15(20)21)17-12-5-1-2-6-13(12)18-10-9-16-11-18/h1-2,5-6,9-11H,3-4,7-8H2,(H,17,19)(H,20,21). The van der Waals surface area contributed by atoms with E-state index in [0.717, 1.165) is 5.69 Å². The van der Waals surface area contributed by atoms with Gasteiger partial charge in [0.25, 0.3) is 0 Å². The first kappa shape index (κ1) is 14.8. The molecular formula is C15H17N3O3. The molecule has 0 radical (unpaired) electrons. The molecule has 2 N–H and O–H groups in total. The zero-order valence-electron chi connectivity index (χ0n) is 11.5. The van der Waals surface area contributed by atoms with Crippen LogP contribution in [-0.4, -0.2) is 26.5 Å². The second-order valence-electron chi connectivity index (χ2n) is 4.64. The predicted molar refractivity (Wildman–Crippen MR) is 78.3 cm³/mol. The van der Waals surface area contributed by atoms with Crippen molar-refractivity contribution in [2.75, 3.05) is 5.32 Å². The molecule has 6 nitrogen and oxygen atoms in total. The summed E-state index contributed by atoms with van der Waals surface area (Å²) in [5.41, 5.74) is 1.55. The zero-order chi connectivity index (χ0) is 15.1. The lowest BCUT2D eigenvalue weighted by Gasteiger charge is -2.11. The monoisotopic (exact) mass is 287 g/mol. The molecule has 21 heavy (non-hydrogen) atoms. The smallest absolute Gasteiger partial charge is 0.303 e. The Hall–Kier alpha value is -2.63. The molecule has 2 aromatic rings. The fourth-order valence-electron chi connectivity index (χ4n) is 1.98. The number of carbonyl (C=O) groups excluding carboxylic acids is 1. The summed E-state index contributed by atoms with van der Waals surface area (Å²) in [6.45, 7) is 0. The predicted octanol–water partition coefficient (Wildman–Crippen LogP) is 2.46. The Morgan fingerprint density at radius 1 is 1.19 bits per heavy atom. The summed E-state index contributed by atoms with van der Waals surface area (Å²) >= 11 is 0. The van der Waals surface area contributed by atoms with Crippen LogP contribution in [0.25, 0.3) is 5.69 Å².